The van der Waals surface area contributed by atoms with Gasteiger partial charge in [-0.25, -0.2) is 0 Å². The highest BCUT2D eigenvalue weighted by Gasteiger charge is 2.12. The summed E-state index contributed by atoms with van der Waals surface area (Å²) in [6.45, 7) is 2.02. The summed E-state index contributed by atoms with van der Waals surface area (Å²) in [5, 5.41) is -0.395. The number of carbonyl (C=O) groups is 2. The van der Waals surface area contributed by atoms with Gasteiger partial charge in [0.2, 0.25) is 10.5 Å². The molecule has 0 aromatic carbocycles. The second kappa shape index (κ2) is 13.9. The van der Waals surface area contributed by atoms with E-state index in [2.05, 4.69) is 0 Å². The lowest BCUT2D eigenvalue weighted by Gasteiger charge is -2.08. The maximum absolute atomic E-state index is 11.0. The van der Waals surface area contributed by atoms with Crippen LogP contribution in [0.3, 0.4) is 0 Å². The van der Waals surface area contributed by atoms with Gasteiger partial charge in [-0.1, -0.05) is 58.3 Å². The van der Waals surface area contributed by atoms with Gasteiger partial charge in [0.05, 0.1) is 0 Å². The predicted octanol–water partition coefficient (Wildman–Crippen LogP) is 5.83. The first-order chi connectivity index (χ1) is 9.57. The van der Waals surface area contributed by atoms with E-state index in [1.165, 1.54) is 38.5 Å². The molecule has 0 aliphatic rings. The molecule has 0 radical (unpaired) electrons. The molecule has 0 aromatic heterocycles. The van der Waals surface area contributed by atoms with E-state index >= 15 is 0 Å². The summed E-state index contributed by atoms with van der Waals surface area (Å²) in [6, 6.07) is 0. The van der Waals surface area contributed by atoms with Crippen LogP contribution >= 0.6 is 23.2 Å². The van der Waals surface area contributed by atoms with Crippen molar-refractivity contribution in [3.8, 4) is 0 Å². The van der Waals surface area contributed by atoms with Crippen LogP contribution in [0, 0.1) is 5.92 Å². The maximum Gasteiger partial charge on any atom is 0.224 e. The predicted molar refractivity (Wildman–Crippen MR) is 86.3 cm³/mol. The molecule has 0 amide bonds. The summed E-state index contributed by atoms with van der Waals surface area (Å²) in [5.74, 6) is 0.0568. The van der Waals surface area contributed by atoms with Crippen LogP contribution in [0.15, 0.2) is 0 Å². The van der Waals surface area contributed by atoms with E-state index in [1.807, 2.05) is 6.92 Å². The van der Waals surface area contributed by atoms with Gasteiger partial charge in [0.25, 0.3) is 0 Å². The highest BCUT2D eigenvalue weighted by Crippen LogP contribution is 2.18. The average Bonchev–Trinajstić information content (AvgIpc) is 2.39. The molecule has 0 saturated heterocycles. The minimum absolute atomic E-state index is 0.0568. The van der Waals surface area contributed by atoms with Crippen LogP contribution in [-0.4, -0.2) is 10.5 Å². The quantitative estimate of drug-likeness (QED) is 0.297. The van der Waals surface area contributed by atoms with Crippen LogP contribution in [-0.2, 0) is 9.59 Å². The SMILES string of the molecule is CCC(CCCCCCCCCCCC(=O)Cl)C(=O)Cl. The second-order valence-electron chi connectivity index (χ2n) is 5.49. The standard InChI is InChI=1S/C16H28Cl2O2/c1-2-14(16(18)20)12-10-8-6-4-3-5-7-9-11-13-15(17)19/h14H,2-13H2,1H3. The van der Waals surface area contributed by atoms with Crippen molar-refractivity contribution < 1.29 is 9.59 Å². The van der Waals surface area contributed by atoms with E-state index in [4.69, 9.17) is 23.2 Å². The maximum atomic E-state index is 11.0. The summed E-state index contributed by atoms with van der Waals surface area (Å²) in [5.41, 5.74) is 0. The highest BCUT2D eigenvalue weighted by atomic mass is 35.5. The summed E-state index contributed by atoms with van der Waals surface area (Å²) in [4.78, 5) is 21.6. The summed E-state index contributed by atoms with van der Waals surface area (Å²) in [7, 11) is 0. The lowest BCUT2D eigenvalue weighted by molar-refractivity contribution is -0.115. The number of unbranched alkanes of at least 4 members (excludes halogenated alkanes) is 8. The molecular formula is C16H28Cl2O2. The third-order valence-electron chi connectivity index (χ3n) is 3.74. The number of halogens is 2. The molecule has 0 spiro atoms. The van der Waals surface area contributed by atoms with Crippen LogP contribution in [0.5, 0.6) is 0 Å². The van der Waals surface area contributed by atoms with E-state index < -0.39 is 0 Å². The van der Waals surface area contributed by atoms with Crippen LogP contribution in [0.25, 0.3) is 0 Å². The van der Waals surface area contributed by atoms with Gasteiger partial charge in [-0.2, -0.15) is 0 Å². The first-order valence-electron chi connectivity index (χ1n) is 7.95. The molecule has 4 heteroatoms. The van der Waals surface area contributed by atoms with E-state index in [-0.39, 0.29) is 16.4 Å². The molecule has 0 fully saturated rings. The van der Waals surface area contributed by atoms with Gasteiger partial charge in [-0.3, -0.25) is 9.59 Å². The van der Waals surface area contributed by atoms with Gasteiger partial charge in [0.1, 0.15) is 0 Å². The Morgan fingerprint density at radius 1 is 0.800 bits per heavy atom. The van der Waals surface area contributed by atoms with Gasteiger partial charge in [-0.05, 0) is 42.5 Å². The molecule has 0 rings (SSSR count). The van der Waals surface area contributed by atoms with E-state index in [0.717, 1.165) is 32.1 Å². The molecule has 1 atom stereocenters. The highest BCUT2D eigenvalue weighted by molar-refractivity contribution is 6.64. The van der Waals surface area contributed by atoms with Crippen molar-refractivity contribution in [2.24, 2.45) is 5.92 Å². The first-order valence-corrected chi connectivity index (χ1v) is 8.71. The van der Waals surface area contributed by atoms with Crippen molar-refractivity contribution in [3.05, 3.63) is 0 Å². The molecule has 20 heavy (non-hydrogen) atoms. The molecule has 1 unspecified atom stereocenters. The lowest BCUT2D eigenvalue weighted by Crippen LogP contribution is -2.06. The molecule has 0 bridgehead atoms. The summed E-state index contributed by atoms with van der Waals surface area (Å²) >= 11 is 10.8. The van der Waals surface area contributed by atoms with Crippen LogP contribution in [0.1, 0.15) is 84.0 Å². The van der Waals surface area contributed by atoms with Crippen molar-refractivity contribution >= 4 is 33.7 Å². The van der Waals surface area contributed by atoms with Crippen molar-refractivity contribution in [2.75, 3.05) is 0 Å². The Hall–Kier alpha value is -0.0800. The smallest absolute Gasteiger partial charge is 0.224 e. The minimum Gasteiger partial charge on any atom is -0.281 e. The Kier molecular flexibility index (Phi) is 13.8. The minimum atomic E-state index is -0.217. The van der Waals surface area contributed by atoms with Crippen molar-refractivity contribution in [1.29, 1.82) is 0 Å². The topological polar surface area (TPSA) is 34.1 Å². The first kappa shape index (κ1) is 19.9. The fourth-order valence-electron chi connectivity index (χ4n) is 2.37. The van der Waals surface area contributed by atoms with Crippen LogP contribution < -0.4 is 0 Å². The lowest BCUT2D eigenvalue weighted by atomic mass is 9.99. The van der Waals surface area contributed by atoms with Gasteiger partial charge in [-0.15, -0.1) is 0 Å². The van der Waals surface area contributed by atoms with Crippen molar-refractivity contribution in [3.63, 3.8) is 0 Å². The average molecular weight is 323 g/mol. The zero-order valence-electron chi connectivity index (χ0n) is 12.6. The Morgan fingerprint density at radius 3 is 1.65 bits per heavy atom. The third kappa shape index (κ3) is 12.9. The second-order valence-corrected chi connectivity index (χ2v) is 6.28. The fourth-order valence-corrected chi connectivity index (χ4v) is 2.77. The molecule has 0 aromatic rings. The molecule has 0 N–H and O–H groups in total. The molecular weight excluding hydrogens is 295 g/mol. The Balaban J connectivity index is 3.20. The number of hydrogen-bond acceptors (Lipinski definition) is 2. The Labute approximate surface area is 133 Å². The van der Waals surface area contributed by atoms with E-state index in [1.54, 1.807) is 0 Å². The molecule has 0 aliphatic carbocycles. The van der Waals surface area contributed by atoms with Gasteiger partial charge < -0.3 is 0 Å². The Bertz CT molecular complexity index is 267. The Morgan fingerprint density at radius 2 is 1.25 bits per heavy atom. The van der Waals surface area contributed by atoms with Gasteiger partial charge >= 0.3 is 0 Å². The molecule has 0 aliphatic heterocycles. The summed E-state index contributed by atoms with van der Waals surface area (Å²) < 4.78 is 0. The van der Waals surface area contributed by atoms with E-state index in [9.17, 15) is 9.59 Å². The summed E-state index contributed by atoms with van der Waals surface area (Å²) in [6.07, 6.45) is 12.8. The zero-order chi connectivity index (χ0) is 15.2. The number of carbonyl (C=O) groups excluding carboxylic acids is 2. The normalized spacial score (nSPS) is 12.3. The fraction of sp³-hybridized carbons (Fsp3) is 0.875. The van der Waals surface area contributed by atoms with Crippen molar-refractivity contribution in [2.45, 2.75) is 84.0 Å². The third-order valence-corrected chi connectivity index (χ3v) is 4.24. The number of hydrogen-bond donors (Lipinski definition) is 0. The molecule has 2 nitrogen and oxygen atoms in total. The molecule has 118 valence electrons. The monoisotopic (exact) mass is 322 g/mol. The van der Waals surface area contributed by atoms with Crippen LogP contribution in [0.4, 0.5) is 0 Å². The van der Waals surface area contributed by atoms with Gasteiger partial charge in [0.15, 0.2) is 0 Å². The van der Waals surface area contributed by atoms with Crippen LogP contribution in [0.2, 0.25) is 0 Å². The van der Waals surface area contributed by atoms with Gasteiger partial charge in [0, 0.05) is 12.3 Å². The molecule has 0 heterocycles. The number of rotatable bonds is 14. The largest absolute Gasteiger partial charge is 0.281 e. The van der Waals surface area contributed by atoms with Crippen molar-refractivity contribution in [1.82, 2.24) is 0 Å². The zero-order valence-corrected chi connectivity index (χ0v) is 14.1. The molecule has 0 saturated carbocycles. The van der Waals surface area contributed by atoms with E-state index in [0.29, 0.717) is 6.42 Å².